The molecular weight excluding hydrogens is 518 g/mol. The largest absolute Gasteiger partial charge is 0.484 e. The quantitative estimate of drug-likeness (QED) is 0.353. The molecule has 8 nitrogen and oxygen atoms in total. The number of benzene rings is 2. The minimum absolute atomic E-state index is 0.0356. The van der Waals surface area contributed by atoms with E-state index in [9.17, 15) is 14.4 Å². The van der Waals surface area contributed by atoms with Gasteiger partial charge in [0.15, 0.2) is 11.5 Å². The van der Waals surface area contributed by atoms with Crippen LogP contribution in [-0.4, -0.2) is 41.3 Å². The molecule has 0 bridgehead atoms. The Hall–Kier alpha value is -3.52. The van der Waals surface area contributed by atoms with Crippen LogP contribution in [0.25, 0.3) is 11.0 Å². The van der Waals surface area contributed by atoms with Crippen LogP contribution in [0.4, 0.5) is 10.5 Å². The maximum Gasteiger partial charge on any atom is 0.319 e. The number of urea groups is 1. The summed E-state index contributed by atoms with van der Waals surface area (Å²) in [6.45, 7) is 4.77. The molecule has 1 atom stereocenters. The van der Waals surface area contributed by atoms with Crippen LogP contribution in [0.3, 0.4) is 0 Å². The van der Waals surface area contributed by atoms with Gasteiger partial charge in [0.25, 0.3) is 5.91 Å². The lowest BCUT2D eigenvalue weighted by atomic mass is 9.74. The van der Waals surface area contributed by atoms with Crippen LogP contribution < -0.4 is 15.4 Å². The van der Waals surface area contributed by atoms with Gasteiger partial charge in [0, 0.05) is 23.9 Å². The third-order valence-corrected chi connectivity index (χ3v) is 8.65. The first-order chi connectivity index (χ1) is 18.9. The fraction of sp³-hybridized carbons (Fsp3) is 0.433. The summed E-state index contributed by atoms with van der Waals surface area (Å²) >= 11 is 6.63. The summed E-state index contributed by atoms with van der Waals surface area (Å²) in [6.07, 6.45) is 5.46. The Labute approximate surface area is 232 Å². The first-order valence-corrected chi connectivity index (χ1v) is 14.2. The molecule has 3 amide bonds. The molecule has 2 aromatic carbocycles. The highest BCUT2D eigenvalue weighted by Gasteiger charge is 2.48. The molecule has 1 aromatic heterocycles. The molecule has 1 unspecified atom stereocenters. The molecule has 9 heteroatoms. The number of anilines is 1. The number of fused-ring (bicyclic) bond motifs is 5. The van der Waals surface area contributed by atoms with Crippen molar-refractivity contribution in [1.82, 2.24) is 10.2 Å². The van der Waals surface area contributed by atoms with Gasteiger partial charge >= 0.3 is 6.03 Å². The smallest absolute Gasteiger partial charge is 0.319 e. The number of Topliss-reactive ketones (excluding diaryl/α,β-unsaturated/α-hetero) is 1. The van der Waals surface area contributed by atoms with Gasteiger partial charge in [0.2, 0.25) is 0 Å². The van der Waals surface area contributed by atoms with Crippen LogP contribution in [0.5, 0.6) is 5.75 Å². The van der Waals surface area contributed by atoms with E-state index < -0.39 is 11.1 Å². The standard InChI is InChI=1S/C28H26ClN3O5.C2H6/c29-18-12-16-13-21(36-24(16)22-23(18)30-26(35)31-28(22)8-4-1-5-9-28)25(34)32-11-10-27(15-32)14-19(33)17-6-2-3-7-20(17)37-27;1-2/h2-3,6-7,12-13H,1,4-5,8-11,14-15H2,(H2,30,31,35);1-2H3. The van der Waals surface area contributed by atoms with Gasteiger partial charge in [-0.1, -0.05) is 56.8 Å². The Morgan fingerprint density at radius 3 is 2.62 bits per heavy atom. The number of hydrogen-bond donors (Lipinski definition) is 2. The van der Waals surface area contributed by atoms with Crippen LogP contribution in [0, 0.1) is 0 Å². The maximum atomic E-state index is 13.6. The number of para-hydroxylation sites is 1. The van der Waals surface area contributed by atoms with Crippen molar-refractivity contribution >= 4 is 46.0 Å². The molecule has 204 valence electrons. The molecule has 4 heterocycles. The minimum atomic E-state index is -0.726. The molecule has 3 aromatic rings. The number of ether oxygens (including phenoxy) is 1. The molecule has 1 saturated heterocycles. The first-order valence-electron chi connectivity index (χ1n) is 13.8. The van der Waals surface area contributed by atoms with Crippen LogP contribution in [0.15, 0.2) is 40.8 Å². The van der Waals surface area contributed by atoms with Crippen molar-refractivity contribution in [2.75, 3.05) is 18.4 Å². The molecule has 3 aliphatic heterocycles. The van der Waals surface area contributed by atoms with Crippen LogP contribution >= 0.6 is 11.6 Å². The van der Waals surface area contributed by atoms with Gasteiger partial charge in [-0.05, 0) is 37.1 Å². The van der Waals surface area contributed by atoms with E-state index >= 15 is 0 Å². The van der Waals surface area contributed by atoms with E-state index in [4.69, 9.17) is 20.8 Å². The summed E-state index contributed by atoms with van der Waals surface area (Å²) in [5.74, 6) is 0.569. The molecule has 2 spiro atoms. The second-order valence-corrected chi connectivity index (χ2v) is 11.1. The van der Waals surface area contributed by atoms with Crippen molar-refractivity contribution < 1.29 is 23.5 Å². The van der Waals surface area contributed by atoms with Crippen molar-refractivity contribution in [3.8, 4) is 5.75 Å². The molecular formula is C30H32ClN3O5. The Morgan fingerprint density at radius 2 is 1.82 bits per heavy atom. The van der Waals surface area contributed by atoms with Gasteiger partial charge in [-0.2, -0.15) is 0 Å². The summed E-state index contributed by atoms with van der Waals surface area (Å²) in [5, 5.41) is 7.14. The predicted octanol–water partition coefficient (Wildman–Crippen LogP) is 6.66. The number of carbonyl (C=O) groups is 3. The van der Waals surface area contributed by atoms with Crippen molar-refractivity contribution in [3.05, 3.63) is 58.3 Å². The Balaban J connectivity index is 0.00000135. The molecule has 4 aliphatic rings. The van der Waals surface area contributed by atoms with Crippen molar-refractivity contribution in [2.24, 2.45) is 0 Å². The fourth-order valence-electron chi connectivity index (χ4n) is 6.63. The first kappa shape index (κ1) is 25.7. The summed E-state index contributed by atoms with van der Waals surface area (Å²) in [4.78, 5) is 40.6. The lowest BCUT2D eigenvalue weighted by molar-refractivity contribution is 0.0422. The van der Waals surface area contributed by atoms with Crippen LogP contribution in [0.2, 0.25) is 5.02 Å². The number of likely N-dealkylation sites (tertiary alicyclic amines) is 1. The minimum Gasteiger partial charge on any atom is -0.484 e. The van der Waals surface area contributed by atoms with Gasteiger partial charge in [-0.25, -0.2) is 4.79 Å². The highest BCUT2D eigenvalue weighted by molar-refractivity contribution is 6.35. The van der Waals surface area contributed by atoms with Gasteiger partial charge in [-0.3, -0.25) is 9.59 Å². The Bertz CT molecular complexity index is 1490. The predicted molar refractivity (Wildman–Crippen MR) is 149 cm³/mol. The number of nitrogens with zero attached hydrogens (tertiary/aromatic N) is 1. The summed E-state index contributed by atoms with van der Waals surface area (Å²) in [5.41, 5.74) is 1.25. The number of hydrogen-bond acceptors (Lipinski definition) is 5. The molecule has 7 rings (SSSR count). The zero-order valence-electron chi connectivity index (χ0n) is 22.2. The second kappa shape index (κ2) is 9.59. The van der Waals surface area contributed by atoms with E-state index in [-0.39, 0.29) is 29.9 Å². The summed E-state index contributed by atoms with van der Waals surface area (Å²) in [7, 11) is 0. The van der Waals surface area contributed by atoms with E-state index in [2.05, 4.69) is 10.6 Å². The molecule has 2 N–H and O–H groups in total. The number of nitrogens with one attached hydrogen (secondary N) is 2. The fourth-order valence-corrected chi connectivity index (χ4v) is 6.89. The topological polar surface area (TPSA) is 101 Å². The number of carbonyl (C=O) groups excluding carboxylic acids is 3. The van der Waals surface area contributed by atoms with E-state index in [0.717, 1.165) is 43.1 Å². The second-order valence-electron chi connectivity index (χ2n) is 10.7. The third kappa shape index (κ3) is 4.16. The summed E-state index contributed by atoms with van der Waals surface area (Å²) in [6, 6.07) is 10.4. The molecule has 39 heavy (non-hydrogen) atoms. The monoisotopic (exact) mass is 549 g/mol. The van der Waals surface area contributed by atoms with Crippen molar-refractivity contribution in [1.29, 1.82) is 0 Å². The van der Waals surface area contributed by atoms with Crippen molar-refractivity contribution in [3.63, 3.8) is 0 Å². The van der Waals surface area contributed by atoms with Gasteiger partial charge in [-0.15, -0.1) is 0 Å². The number of amides is 3. The number of halogens is 1. The molecule has 1 saturated carbocycles. The van der Waals surface area contributed by atoms with E-state index in [1.54, 1.807) is 29.2 Å². The SMILES string of the molecule is CC.O=C1Nc2c(Cl)cc3cc(C(=O)N4CCC5(CC(=O)c6ccccc6O5)C4)oc3c2C2(CCCCC2)N1. The lowest BCUT2D eigenvalue weighted by Crippen LogP contribution is -2.52. The third-order valence-electron chi connectivity index (χ3n) is 8.35. The number of furan rings is 1. The number of ketones is 1. The normalized spacial score (nSPS) is 22.9. The zero-order chi connectivity index (χ0) is 27.4. The Kier molecular flexibility index (Phi) is 6.33. The van der Waals surface area contributed by atoms with Crippen LogP contribution in [-0.2, 0) is 5.54 Å². The Morgan fingerprint density at radius 1 is 1.05 bits per heavy atom. The number of rotatable bonds is 1. The molecule has 2 fully saturated rings. The van der Waals surface area contributed by atoms with Gasteiger partial charge < -0.3 is 24.7 Å². The maximum absolute atomic E-state index is 13.6. The van der Waals surface area contributed by atoms with E-state index in [1.807, 2.05) is 26.0 Å². The average molecular weight is 550 g/mol. The van der Waals surface area contributed by atoms with Gasteiger partial charge in [0.05, 0.1) is 34.8 Å². The summed E-state index contributed by atoms with van der Waals surface area (Å²) < 4.78 is 12.6. The average Bonchev–Trinajstić information content (AvgIpc) is 3.54. The van der Waals surface area contributed by atoms with E-state index in [1.165, 1.54) is 0 Å². The highest BCUT2D eigenvalue weighted by atomic mass is 35.5. The van der Waals surface area contributed by atoms with Crippen LogP contribution in [0.1, 0.15) is 85.3 Å². The lowest BCUT2D eigenvalue weighted by Gasteiger charge is -2.42. The van der Waals surface area contributed by atoms with Gasteiger partial charge in [0.1, 0.15) is 16.9 Å². The highest BCUT2D eigenvalue weighted by Crippen LogP contribution is 2.49. The van der Waals surface area contributed by atoms with Crippen molar-refractivity contribution in [2.45, 2.75) is 69.9 Å². The zero-order valence-corrected chi connectivity index (χ0v) is 23.0. The molecule has 0 radical (unpaired) electrons. The molecule has 1 aliphatic carbocycles. The van der Waals surface area contributed by atoms with E-state index in [0.29, 0.717) is 47.1 Å².